The molecule has 1 fully saturated rings. The van der Waals surface area contributed by atoms with Crippen LogP contribution >= 0.6 is 0 Å². The summed E-state index contributed by atoms with van der Waals surface area (Å²) in [7, 11) is 0. The Morgan fingerprint density at radius 1 is 1.25 bits per heavy atom. The van der Waals surface area contributed by atoms with Crippen LogP contribution in [0.5, 0.6) is 0 Å². The molecule has 0 aliphatic heterocycles. The van der Waals surface area contributed by atoms with E-state index in [0.717, 1.165) is 18.5 Å². The van der Waals surface area contributed by atoms with E-state index in [-0.39, 0.29) is 0 Å². The maximum atomic E-state index is 3.53. The maximum Gasteiger partial charge on any atom is 0.00951 e. The van der Waals surface area contributed by atoms with Gasteiger partial charge in [0.1, 0.15) is 0 Å². The van der Waals surface area contributed by atoms with Crippen molar-refractivity contribution in [3.05, 3.63) is 0 Å². The van der Waals surface area contributed by atoms with E-state index in [1.807, 2.05) is 0 Å². The van der Waals surface area contributed by atoms with Crippen LogP contribution in [0.2, 0.25) is 0 Å². The molecular formula is C14H30N2. The third-order valence-corrected chi connectivity index (χ3v) is 3.60. The van der Waals surface area contributed by atoms with Crippen LogP contribution in [0.25, 0.3) is 0 Å². The number of hydrogen-bond acceptors (Lipinski definition) is 2. The van der Waals surface area contributed by atoms with Crippen LogP contribution in [0.3, 0.4) is 0 Å². The summed E-state index contributed by atoms with van der Waals surface area (Å²) in [5, 5.41) is 3.53. The zero-order valence-corrected chi connectivity index (χ0v) is 11.5. The molecule has 0 aromatic rings. The first-order valence-corrected chi connectivity index (χ1v) is 7.18. The van der Waals surface area contributed by atoms with Gasteiger partial charge in [0, 0.05) is 6.04 Å². The molecule has 0 aromatic heterocycles. The summed E-state index contributed by atoms with van der Waals surface area (Å²) in [5.41, 5.74) is 0. The van der Waals surface area contributed by atoms with Crippen LogP contribution in [-0.2, 0) is 0 Å². The summed E-state index contributed by atoms with van der Waals surface area (Å²) in [4.78, 5) is 2.68. The minimum Gasteiger partial charge on any atom is -0.316 e. The van der Waals surface area contributed by atoms with E-state index in [1.54, 1.807) is 0 Å². The van der Waals surface area contributed by atoms with Crippen molar-refractivity contribution in [2.75, 3.05) is 26.2 Å². The smallest absolute Gasteiger partial charge is 0.00951 e. The van der Waals surface area contributed by atoms with Crippen molar-refractivity contribution in [3.63, 3.8) is 0 Å². The van der Waals surface area contributed by atoms with Gasteiger partial charge in [-0.3, -0.25) is 0 Å². The van der Waals surface area contributed by atoms with Gasteiger partial charge in [-0.15, -0.1) is 0 Å². The van der Waals surface area contributed by atoms with Crippen molar-refractivity contribution < 1.29 is 0 Å². The minimum atomic E-state index is 0.775. The average Bonchev–Trinajstić information content (AvgIpc) is 2.76. The number of nitrogens with one attached hydrogen (secondary N) is 1. The van der Waals surface area contributed by atoms with Crippen LogP contribution < -0.4 is 5.32 Å². The Morgan fingerprint density at radius 3 is 2.50 bits per heavy atom. The zero-order chi connectivity index (χ0) is 11.8. The molecule has 1 aliphatic rings. The van der Waals surface area contributed by atoms with Gasteiger partial charge >= 0.3 is 0 Å². The highest BCUT2D eigenvalue weighted by Gasteiger charge is 2.20. The van der Waals surface area contributed by atoms with Gasteiger partial charge in [0.15, 0.2) is 0 Å². The van der Waals surface area contributed by atoms with Crippen molar-refractivity contribution in [1.82, 2.24) is 10.2 Å². The summed E-state index contributed by atoms with van der Waals surface area (Å²) in [5.74, 6) is 0.775. The molecule has 0 amide bonds. The van der Waals surface area contributed by atoms with Crippen LogP contribution in [0.4, 0.5) is 0 Å². The Hall–Kier alpha value is -0.0800. The van der Waals surface area contributed by atoms with Crippen molar-refractivity contribution in [3.8, 4) is 0 Å². The first-order valence-electron chi connectivity index (χ1n) is 7.18. The first-order chi connectivity index (χ1) is 7.74. The highest BCUT2D eigenvalue weighted by atomic mass is 15.1. The van der Waals surface area contributed by atoms with Crippen molar-refractivity contribution >= 4 is 0 Å². The van der Waals surface area contributed by atoms with E-state index in [1.165, 1.54) is 51.7 Å². The highest BCUT2D eigenvalue weighted by Crippen LogP contribution is 2.23. The molecule has 0 radical (unpaired) electrons. The molecule has 16 heavy (non-hydrogen) atoms. The molecule has 0 spiro atoms. The SMILES string of the molecule is CCN(CCCNCC(C)C)C1CCCC1. The highest BCUT2D eigenvalue weighted by molar-refractivity contribution is 4.76. The fraction of sp³-hybridized carbons (Fsp3) is 1.00. The third kappa shape index (κ3) is 5.31. The summed E-state index contributed by atoms with van der Waals surface area (Å²) in [6, 6.07) is 0.898. The van der Waals surface area contributed by atoms with Gasteiger partial charge in [0.25, 0.3) is 0 Å². The maximum absolute atomic E-state index is 3.53. The lowest BCUT2D eigenvalue weighted by molar-refractivity contribution is 0.206. The van der Waals surface area contributed by atoms with E-state index in [0.29, 0.717) is 0 Å². The van der Waals surface area contributed by atoms with Gasteiger partial charge in [-0.2, -0.15) is 0 Å². The van der Waals surface area contributed by atoms with Crippen molar-refractivity contribution in [1.29, 1.82) is 0 Å². The summed E-state index contributed by atoms with van der Waals surface area (Å²) in [6.45, 7) is 11.7. The van der Waals surface area contributed by atoms with E-state index >= 15 is 0 Å². The third-order valence-electron chi connectivity index (χ3n) is 3.60. The van der Waals surface area contributed by atoms with Gasteiger partial charge in [0.05, 0.1) is 0 Å². The van der Waals surface area contributed by atoms with E-state index < -0.39 is 0 Å². The van der Waals surface area contributed by atoms with Gasteiger partial charge in [-0.05, 0) is 51.4 Å². The summed E-state index contributed by atoms with van der Waals surface area (Å²) >= 11 is 0. The molecule has 0 aromatic carbocycles. The lowest BCUT2D eigenvalue weighted by atomic mass is 10.2. The lowest BCUT2D eigenvalue weighted by Crippen LogP contribution is -2.35. The Kier molecular flexibility index (Phi) is 7.06. The lowest BCUT2D eigenvalue weighted by Gasteiger charge is -2.27. The molecule has 2 heteroatoms. The summed E-state index contributed by atoms with van der Waals surface area (Å²) in [6.07, 6.45) is 7.08. The van der Waals surface area contributed by atoms with E-state index in [2.05, 4.69) is 31.0 Å². The second kappa shape index (κ2) is 8.08. The molecule has 0 atom stereocenters. The molecule has 1 saturated carbocycles. The molecule has 0 unspecified atom stereocenters. The van der Waals surface area contributed by atoms with Gasteiger partial charge in [0.2, 0.25) is 0 Å². The number of nitrogens with zero attached hydrogens (tertiary/aromatic N) is 1. The van der Waals surface area contributed by atoms with Crippen molar-refractivity contribution in [2.45, 2.75) is 58.9 Å². The minimum absolute atomic E-state index is 0.775. The average molecular weight is 226 g/mol. The Morgan fingerprint density at radius 2 is 1.94 bits per heavy atom. The van der Waals surface area contributed by atoms with Gasteiger partial charge in [-0.1, -0.05) is 33.6 Å². The predicted octanol–water partition coefficient (Wildman–Crippen LogP) is 2.89. The molecule has 2 nitrogen and oxygen atoms in total. The molecule has 0 heterocycles. The van der Waals surface area contributed by atoms with E-state index in [4.69, 9.17) is 0 Å². The normalized spacial score (nSPS) is 17.8. The van der Waals surface area contributed by atoms with Crippen LogP contribution in [0.1, 0.15) is 52.9 Å². The standard InChI is InChI=1S/C14H30N2/c1-4-16(14-8-5-6-9-14)11-7-10-15-12-13(2)3/h13-15H,4-12H2,1-3H3. The molecule has 0 bridgehead atoms. The number of rotatable bonds is 8. The second-order valence-corrected chi connectivity index (χ2v) is 5.52. The van der Waals surface area contributed by atoms with Crippen molar-refractivity contribution in [2.24, 2.45) is 5.92 Å². The second-order valence-electron chi connectivity index (χ2n) is 5.52. The van der Waals surface area contributed by atoms with E-state index in [9.17, 15) is 0 Å². The number of hydrogen-bond donors (Lipinski definition) is 1. The molecule has 1 rings (SSSR count). The Labute approximate surface area is 102 Å². The van der Waals surface area contributed by atoms with Gasteiger partial charge < -0.3 is 10.2 Å². The molecule has 1 aliphatic carbocycles. The predicted molar refractivity (Wildman–Crippen MR) is 71.8 cm³/mol. The quantitative estimate of drug-likeness (QED) is 0.640. The van der Waals surface area contributed by atoms with Crippen LogP contribution in [0.15, 0.2) is 0 Å². The molecule has 1 N–H and O–H groups in total. The summed E-state index contributed by atoms with van der Waals surface area (Å²) < 4.78 is 0. The van der Waals surface area contributed by atoms with Gasteiger partial charge in [-0.25, -0.2) is 0 Å². The molecule has 96 valence electrons. The molecule has 0 saturated heterocycles. The fourth-order valence-electron chi connectivity index (χ4n) is 2.67. The Balaban J connectivity index is 2.04. The van der Waals surface area contributed by atoms with Crippen LogP contribution in [-0.4, -0.2) is 37.1 Å². The monoisotopic (exact) mass is 226 g/mol. The first kappa shape index (κ1) is 14.0. The zero-order valence-electron chi connectivity index (χ0n) is 11.5. The Bertz CT molecular complexity index is 162. The van der Waals surface area contributed by atoms with Crippen LogP contribution in [0, 0.1) is 5.92 Å². The molecular weight excluding hydrogens is 196 g/mol. The topological polar surface area (TPSA) is 15.3 Å². The largest absolute Gasteiger partial charge is 0.316 e. The fourth-order valence-corrected chi connectivity index (χ4v) is 2.67.